The van der Waals surface area contributed by atoms with Gasteiger partial charge in [0.05, 0.1) is 22.6 Å². The van der Waals surface area contributed by atoms with Crippen molar-refractivity contribution >= 4 is 35.0 Å². The molecule has 0 bridgehead atoms. The Bertz CT molecular complexity index is 917. The fourth-order valence-electron chi connectivity index (χ4n) is 3.18. The quantitative estimate of drug-likeness (QED) is 0.507. The fourth-order valence-corrected chi connectivity index (χ4v) is 5.29. The Morgan fingerprint density at radius 2 is 1.96 bits per heavy atom. The molecule has 0 saturated heterocycles. The molecule has 0 N–H and O–H groups in total. The van der Waals surface area contributed by atoms with Crippen LogP contribution in [0.1, 0.15) is 25.3 Å². The highest BCUT2D eigenvalue weighted by molar-refractivity contribution is 8.17. The maximum atomic E-state index is 12.3. The van der Waals surface area contributed by atoms with E-state index in [1.54, 1.807) is 42.8 Å². The molecule has 1 aliphatic rings. The summed E-state index contributed by atoms with van der Waals surface area (Å²) in [6.45, 7) is 3.43. The van der Waals surface area contributed by atoms with Gasteiger partial charge in [0.25, 0.3) is 0 Å². The molecule has 27 heavy (non-hydrogen) atoms. The summed E-state index contributed by atoms with van der Waals surface area (Å²) >= 11 is 3.24. The van der Waals surface area contributed by atoms with Crippen LogP contribution in [0.15, 0.2) is 75.3 Å². The number of nitriles is 1. The van der Waals surface area contributed by atoms with Crippen LogP contribution in [0.2, 0.25) is 0 Å². The van der Waals surface area contributed by atoms with Gasteiger partial charge < -0.3 is 0 Å². The molecule has 4 nitrogen and oxygen atoms in total. The number of rotatable bonds is 6. The summed E-state index contributed by atoms with van der Waals surface area (Å²) in [5.41, 5.74) is 2.17. The Kier molecular flexibility index (Phi) is 6.49. The van der Waals surface area contributed by atoms with Gasteiger partial charge in [-0.05, 0) is 37.6 Å². The van der Waals surface area contributed by atoms with Gasteiger partial charge in [-0.1, -0.05) is 36.0 Å². The topological polar surface area (TPSA) is 66.1 Å². The predicted octanol–water partition coefficient (Wildman–Crippen LogP) is 5.06. The first-order chi connectivity index (χ1) is 13.1. The molecule has 0 spiro atoms. The van der Waals surface area contributed by atoms with Crippen molar-refractivity contribution in [2.45, 2.75) is 24.7 Å². The second-order valence-corrected chi connectivity index (χ2v) is 8.53. The van der Waals surface area contributed by atoms with E-state index in [9.17, 15) is 10.1 Å². The standard InChI is InChI=1S/C21H19N3OS2/c1-14-19(15(2)25)20(16-7-6-10-23-12-16)18(11-22)21(24-14)27-13-26-17-8-4-3-5-9-17/h3-10,12,19-20H,13H2,1-2H3/t19?,20-/m1/s1. The fraction of sp³-hybridized carbons (Fsp3) is 0.238. The minimum absolute atomic E-state index is 0.0144. The number of aliphatic imine (C=N–C) groups is 1. The predicted molar refractivity (Wildman–Crippen MR) is 112 cm³/mol. The number of carbonyl (C=O) groups excluding carboxylic acids is 1. The molecule has 0 saturated carbocycles. The molecule has 0 amide bonds. The molecule has 6 heteroatoms. The third-order valence-electron chi connectivity index (χ3n) is 4.37. The first-order valence-corrected chi connectivity index (χ1v) is 10.5. The maximum Gasteiger partial charge on any atom is 0.139 e. The average Bonchev–Trinajstić information content (AvgIpc) is 2.68. The van der Waals surface area contributed by atoms with E-state index in [0.717, 1.165) is 16.4 Å². The van der Waals surface area contributed by atoms with Crippen LogP contribution < -0.4 is 0 Å². The van der Waals surface area contributed by atoms with Crippen molar-refractivity contribution in [3.05, 3.63) is 71.0 Å². The monoisotopic (exact) mass is 393 g/mol. The van der Waals surface area contributed by atoms with Gasteiger partial charge in [-0.2, -0.15) is 5.26 Å². The normalized spacial score (nSPS) is 19.4. The van der Waals surface area contributed by atoms with Gasteiger partial charge >= 0.3 is 0 Å². The molecule has 0 aliphatic carbocycles. The number of ketones is 1. The summed E-state index contributed by atoms with van der Waals surface area (Å²) in [6, 6.07) is 16.2. The maximum absolute atomic E-state index is 12.3. The Morgan fingerprint density at radius 3 is 2.59 bits per heavy atom. The van der Waals surface area contributed by atoms with Crippen LogP contribution in [0.4, 0.5) is 0 Å². The number of carbonyl (C=O) groups is 1. The zero-order valence-electron chi connectivity index (χ0n) is 15.1. The Morgan fingerprint density at radius 1 is 1.19 bits per heavy atom. The van der Waals surface area contributed by atoms with Crippen LogP contribution in [-0.2, 0) is 4.79 Å². The average molecular weight is 394 g/mol. The smallest absolute Gasteiger partial charge is 0.139 e. The van der Waals surface area contributed by atoms with Crippen molar-refractivity contribution in [2.75, 3.05) is 5.08 Å². The number of Topliss-reactive ketones (excluding diaryl/α,β-unsaturated/α-hetero) is 1. The van der Waals surface area contributed by atoms with Gasteiger partial charge in [0.2, 0.25) is 0 Å². The molecular weight excluding hydrogens is 374 g/mol. The molecule has 1 unspecified atom stereocenters. The third kappa shape index (κ3) is 4.49. The van der Waals surface area contributed by atoms with E-state index < -0.39 is 5.92 Å². The lowest BCUT2D eigenvalue weighted by Crippen LogP contribution is -2.31. The molecule has 2 atom stereocenters. The van der Waals surface area contributed by atoms with E-state index >= 15 is 0 Å². The van der Waals surface area contributed by atoms with E-state index in [0.29, 0.717) is 10.6 Å². The Labute approximate surface area is 167 Å². The van der Waals surface area contributed by atoms with Gasteiger partial charge in [0, 0.05) is 28.9 Å². The summed E-state index contributed by atoms with van der Waals surface area (Å²) in [7, 11) is 0. The summed E-state index contributed by atoms with van der Waals surface area (Å²) in [5.74, 6) is -0.738. The highest BCUT2D eigenvalue weighted by atomic mass is 32.2. The van der Waals surface area contributed by atoms with Gasteiger partial charge in [-0.25, -0.2) is 4.99 Å². The summed E-state index contributed by atoms with van der Waals surface area (Å²) in [4.78, 5) is 22.3. The largest absolute Gasteiger partial charge is 0.299 e. The lowest BCUT2D eigenvalue weighted by molar-refractivity contribution is -0.119. The van der Waals surface area contributed by atoms with Gasteiger partial charge in [0.1, 0.15) is 10.8 Å². The number of hydrogen-bond acceptors (Lipinski definition) is 6. The van der Waals surface area contributed by atoms with E-state index in [4.69, 9.17) is 0 Å². The van der Waals surface area contributed by atoms with E-state index in [2.05, 4.69) is 28.2 Å². The second-order valence-electron chi connectivity index (χ2n) is 6.16. The SMILES string of the molecule is CC(=O)C1C(C)=NC(SCSc2ccccc2)=C(C#N)[C@H]1c1cccnc1. The Hall–Kier alpha value is -2.36. The zero-order valence-corrected chi connectivity index (χ0v) is 16.8. The zero-order chi connectivity index (χ0) is 19.2. The highest BCUT2D eigenvalue weighted by Crippen LogP contribution is 2.42. The molecule has 0 fully saturated rings. The number of pyridine rings is 1. The van der Waals surface area contributed by atoms with E-state index in [-0.39, 0.29) is 11.7 Å². The van der Waals surface area contributed by atoms with Crippen molar-refractivity contribution in [2.24, 2.45) is 10.9 Å². The first-order valence-electron chi connectivity index (χ1n) is 8.52. The Balaban J connectivity index is 1.91. The van der Waals surface area contributed by atoms with Crippen molar-refractivity contribution < 1.29 is 4.79 Å². The summed E-state index contributed by atoms with van der Waals surface area (Å²) < 4.78 is 0. The third-order valence-corrected chi connectivity index (χ3v) is 6.50. The summed E-state index contributed by atoms with van der Waals surface area (Å²) in [6.07, 6.45) is 3.43. The van der Waals surface area contributed by atoms with Crippen LogP contribution in [0.3, 0.4) is 0 Å². The molecule has 1 aromatic carbocycles. The summed E-state index contributed by atoms with van der Waals surface area (Å²) in [5, 5.41) is 11.3. The van der Waals surface area contributed by atoms with Crippen LogP contribution in [-0.4, -0.2) is 21.6 Å². The molecule has 3 rings (SSSR count). The van der Waals surface area contributed by atoms with Crippen LogP contribution in [0, 0.1) is 17.2 Å². The van der Waals surface area contributed by atoms with Gasteiger partial charge in [-0.15, -0.1) is 11.8 Å². The van der Waals surface area contributed by atoms with Gasteiger partial charge in [-0.3, -0.25) is 9.78 Å². The number of nitrogens with zero attached hydrogens (tertiary/aromatic N) is 3. The van der Waals surface area contributed by atoms with Crippen LogP contribution in [0.5, 0.6) is 0 Å². The van der Waals surface area contributed by atoms with Crippen molar-refractivity contribution in [3.8, 4) is 6.07 Å². The van der Waals surface area contributed by atoms with Gasteiger partial charge in [0.15, 0.2) is 0 Å². The molecule has 1 aromatic heterocycles. The molecule has 136 valence electrons. The first kappa shape index (κ1) is 19.4. The lowest BCUT2D eigenvalue weighted by atomic mass is 9.76. The van der Waals surface area contributed by atoms with Crippen LogP contribution in [0.25, 0.3) is 0 Å². The molecule has 0 radical (unpaired) electrons. The molecular formula is C21H19N3OS2. The van der Waals surface area contributed by atoms with Crippen molar-refractivity contribution in [3.63, 3.8) is 0 Å². The number of thioether (sulfide) groups is 2. The van der Waals surface area contributed by atoms with Crippen molar-refractivity contribution in [1.82, 2.24) is 4.98 Å². The molecule has 2 heterocycles. The minimum atomic E-state index is -0.421. The molecule has 2 aromatic rings. The van der Waals surface area contributed by atoms with Crippen LogP contribution >= 0.6 is 23.5 Å². The molecule has 1 aliphatic heterocycles. The van der Waals surface area contributed by atoms with E-state index in [1.807, 2.05) is 37.3 Å². The number of allylic oxidation sites excluding steroid dienone is 1. The number of hydrogen-bond donors (Lipinski definition) is 0. The van der Waals surface area contributed by atoms with Crippen molar-refractivity contribution in [1.29, 1.82) is 5.26 Å². The number of aromatic nitrogens is 1. The number of benzene rings is 1. The lowest BCUT2D eigenvalue weighted by Gasteiger charge is -2.29. The minimum Gasteiger partial charge on any atom is -0.299 e. The highest BCUT2D eigenvalue weighted by Gasteiger charge is 2.37. The second kappa shape index (κ2) is 9.03. The van der Waals surface area contributed by atoms with E-state index in [1.165, 1.54) is 4.90 Å².